The number of fused-ring (bicyclic) bond motifs is 1. The number of amides is 1. The summed E-state index contributed by atoms with van der Waals surface area (Å²) >= 11 is 6.24. The number of oxazole rings is 1. The number of hydrogen-bond acceptors (Lipinski definition) is 4. The zero-order chi connectivity index (χ0) is 18.8. The van der Waals surface area contributed by atoms with Crippen molar-refractivity contribution < 1.29 is 9.21 Å². The molecule has 2 aromatic carbocycles. The lowest BCUT2D eigenvalue weighted by atomic mass is 9.91. The van der Waals surface area contributed by atoms with E-state index in [0.29, 0.717) is 33.5 Å². The second-order valence-corrected chi connectivity index (χ2v) is 7.47. The van der Waals surface area contributed by atoms with Crippen molar-refractivity contribution in [3.05, 3.63) is 53.1 Å². The number of rotatable bonds is 4. The van der Waals surface area contributed by atoms with E-state index >= 15 is 0 Å². The van der Waals surface area contributed by atoms with Gasteiger partial charge in [0.25, 0.3) is 5.91 Å². The summed E-state index contributed by atoms with van der Waals surface area (Å²) in [5, 5.41) is 6.94. The molecule has 1 atom stereocenters. The fourth-order valence-electron chi connectivity index (χ4n) is 3.62. The molecule has 3 aromatic rings. The summed E-state index contributed by atoms with van der Waals surface area (Å²) in [6.07, 6.45) is 2.12. The first-order valence-corrected chi connectivity index (χ1v) is 9.66. The highest BCUT2D eigenvalue weighted by Crippen LogP contribution is 2.29. The SMILES string of the molecule is CC(NC(=O)c1cc(Cl)cc2nc(-c3ccccc3)oc12)C1CCNCC1. The van der Waals surface area contributed by atoms with Crippen LogP contribution in [0.15, 0.2) is 46.9 Å². The van der Waals surface area contributed by atoms with Crippen molar-refractivity contribution in [1.82, 2.24) is 15.6 Å². The molecule has 0 spiro atoms. The van der Waals surface area contributed by atoms with Gasteiger partial charge in [0.2, 0.25) is 5.89 Å². The van der Waals surface area contributed by atoms with Crippen molar-refractivity contribution in [2.45, 2.75) is 25.8 Å². The van der Waals surface area contributed by atoms with Crippen molar-refractivity contribution in [3.63, 3.8) is 0 Å². The molecule has 6 heteroatoms. The number of halogens is 1. The minimum Gasteiger partial charge on any atom is -0.435 e. The number of carbonyl (C=O) groups excluding carboxylic acids is 1. The Morgan fingerprint density at radius 2 is 2.00 bits per heavy atom. The largest absolute Gasteiger partial charge is 0.435 e. The zero-order valence-corrected chi connectivity index (χ0v) is 15.9. The van der Waals surface area contributed by atoms with Crippen LogP contribution < -0.4 is 10.6 Å². The van der Waals surface area contributed by atoms with Gasteiger partial charge in [-0.1, -0.05) is 29.8 Å². The van der Waals surface area contributed by atoms with Crippen LogP contribution in [0.25, 0.3) is 22.6 Å². The van der Waals surface area contributed by atoms with Crippen LogP contribution in [0.2, 0.25) is 5.02 Å². The molecule has 2 N–H and O–H groups in total. The molecule has 0 radical (unpaired) electrons. The van der Waals surface area contributed by atoms with E-state index < -0.39 is 0 Å². The molecular weight excluding hydrogens is 362 g/mol. The molecule has 1 aromatic heterocycles. The summed E-state index contributed by atoms with van der Waals surface area (Å²) in [6.45, 7) is 4.05. The summed E-state index contributed by atoms with van der Waals surface area (Å²) in [4.78, 5) is 17.5. The highest BCUT2D eigenvalue weighted by atomic mass is 35.5. The maximum Gasteiger partial charge on any atom is 0.255 e. The third-order valence-electron chi connectivity index (χ3n) is 5.17. The van der Waals surface area contributed by atoms with Crippen LogP contribution in [-0.2, 0) is 0 Å². The van der Waals surface area contributed by atoms with Crippen molar-refractivity contribution >= 4 is 28.6 Å². The van der Waals surface area contributed by atoms with Gasteiger partial charge in [-0.05, 0) is 63.0 Å². The Kier molecular flexibility index (Phi) is 5.14. The molecule has 1 saturated heterocycles. The molecule has 140 valence electrons. The second-order valence-electron chi connectivity index (χ2n) is 7.04. The lowest BCUT2D eigenvalue weighted by Gasteiger charge is -2.28. The van der Waals surface area contributed by atoms with E-state index in [-0.39, 0.29) is 11.9 Å². The molecule has 2 heterocycles. The van der Waals surface area contributed by atoms with Crippen LogP contribution >= 0.6 is 11.6 Å². The van der Waals surface area contributed by atoms with Crippen molar-refractivity contribution in [2.24, 2.45) is 5.92 Å². The summed E-state index contributed by atoms with van der Waals surface area (Å²) in [5.74, 6) is 0.775. The van der Waals surface area contributed by atoms with E-state index in [1.807, 2.05) is 30.3 Å². The predicted octanol–water partition coefficient (Wildman–Crippen LogP) is 4.27. The maximum absolute atomic E-state index is 12.9. The summed E-state index contributed by atoms with van der Waals surface area (Å²) in [6, 6.07) is 13.1. The Hall–Kier alpha value is -2.37. The first-order valence-electron chi connectivity index (χ1n) is 9.29. The lowest BCUT2D eigenvalue weighted by Crippen LogP contribution is -2.42. The molecule has 27 heavy (non-hydrogen) atoms. The smallest absolute Gasteiger partial charge is 0.255 e. The van der Waals surface area contributed by atoms with Crippen molar-refractivity contribution in [1.29, 1.82) is 0 Å². The van der Waals surface area contributed by atoms with Crippen molar-refractivity contribution in [2.75, 3.05) is 13.1 Å². The number of hydrogen-bond donors (Lipinski definition) is 2. The van der Waals surface area contributed by atoms with E-state index in [2.05, 4.69) is 22.5 Å². The number of nitrogens with one attached hydrogen (secondary N) is 2. The zero-order valence-electron chi connectivity index (χ0n) is 15.2. The van der Waals surface area contributed by atoms with Gasteiger partial charge in [0.15, 0.2) is 5.58 Å². The third kappa shape index (κ3) is 3.84. The normalized spacial score (nSPS) is 16.4. The summed E-state index contributed by atoms with van der Waals surface area (Å²) in [7, 11) is 0. The predicted molar refractivity (Wildman–Crippen MR) is 107 cm³/mol. The molecule has 1 unspecified atom stereocenters. The van der Waals surface area contributed by atoms with Crippen LogP contribution in [0, 0.1) is 5.92 Å². The average Bonchev–Trinajstić information content (AvgIpc) is 3.12. The molecule has 0 aliphatic carbocycles. The quantitative estimate of drug-likeness (QED) is 0.706. The molecule has 4 rings (SSSR count). The fraction of sp³-hybridized carbons (Fsp3) is 0.333. The monoisotopic (exact) mass is 383 g/mol. The fourth-order valence-corrected chi connectivity index (χ4v) is 3.83. The first kappa shape index (κ1) is 18.0. The molecular formula is C21H22ClN3O2. The van der Waals surface area contributed by atoms with Gasteiger partial charge in [-0.2, -0.15) is 0 Å². The van der Waals surface area contributed by atoms with E-state index in [1.54, 1.807) is 12.1 Å². The van der Waals surface area contributed by atoms with Gasteiger partial charge in [-0.25, -0.2) is 4.98 Å². The van der Waals surface area contributed by atoms with Gasteiger partial charge in [-0.3, -0.25) is 4.79 Å². The van der Waals surface area contributed by atoms with E-state index in [0.717, 1.165) is 31.5 Å². The first-order chi connectivity index (χ1) is 13.1. The topological polar surface area (TPSA) is 67.2 Å². The van der Waals surface area contributed by atoms with Crippen LogP contribution in [0.1, 0.15) is 30.1 Å². The van der Waals surface area contributed by atoms with Gasteiger partial charge in [0.05, 0.1) is 5.56 Å². The molecule has 1 aliphatic heterocycles. The highest BCUT2D eigenvalue weighted by molar-refractivity contribution is 6.32. The third-order valence-corrected chi connectivity index (χ3v) is 5.39. The van der Waals surface area contributed by atoms with Gasteiger partial charge < -0.3 is 15.1 Å². The van der Waals surface area contributed by atoms with Crippen LogP contribution in [-0.4, -0.2) is 30.0 Å². The number of piperidine rings is 1. The Bertz CT molecular complexity index is 949. The van der Waals surface area contributed by atoms with Gasteiger partial charge >= 0.3 is 0 Å². The molecule has 0 saturated carbocycles. The second kappa shape index (κ2) is 7.71. The molecule has 0 bridgehead atoms. The van der Waals surface area contributed by atoms with E-state index in [4.69, 9.17) is 16.0 Å². The highest BCUT2D eigenvalue weighted by Gasteiger charge is 2.24. The molecule has 1 aliphatic rings. The number of aromatic nitrogens is 1. The average molecular weight is 384 g/mol. The van der Waals surface area contributed by atoms with Crippen LogP contribution in [0.3, 0.4) is 0 Å². The maximum atomic E-state index is 12.9. The summed E-state index contributed by atoms with van der Waals surface area (Å²) in [5.41, 5.74) is 2.33. The number of benzene rings is 2. The van der Waals surface area contributed by atoms with Gasteiger partial charge in [0, 0.05) is 16.6 Å². The van der Waals surface area contributed by atoms with Crippen molar-refractivity contribution in [3.8, 4) is 11.5 Å². The Morgan fingerprint density at radius 3 is 2.74 bits per heavy atom. The standard InChI is InChI=1S/C21H22ClN3O2/c1-13(14-7-9-23-10-8-14)24-20(26)17-11-16(22)12-18-19(17)27-21(25-18)15-5-3-2-4-6-15/h2-6,11-14,23H,7-10H2,1H3,(H,24,26). The van der Waals surface area contributed by atoms with Crippen LogP contribution in [0.5, 0.6) is 0 Å². The van der Waals surface area contributed by atoms with E-state index in [1.165, 1.54) is 0 Å². The molecule has 1 fully saturated rings. The molecule has 5 nitrogen and oxygen atoms in total. The van der Waals surface area contributed by atoms with Gasteiger partial charge in [-0.15, -0.1) is 0 Å². The summed E-state index contributed by atoms with van der Waals surface area (Å²) < 4.78 is 5.95. The Balaban J connectivity index is 1.64. The Morgan fingerprint density at radius 1 is 1.26 bits per heavy atom. The lowest BCUT2D eigenvalue weighted by molar-refractivity contribution is 0.0921. The van der Waals surface area contributed by atoms with E-state index in [9.17, 15) is 4.79 Å². The number of carbonyl (C=O) groups is 1. The minimum absolute atomic E-state index is 0.0881. The Labute approximate surface area is 163 Å². The molecule has 1 amide bonds. The van der Waals surface area contributed by atoms with Gasteiger partial charge in [0.1, 0.15) is 5.52 Å². The minimum atomic E-state index is -0.177. The van der Waals surface area contributed by atoms with Crippen LogP contribution in [0.4, 0.5) is 0 Å². The number of nitrogens with zero attached hydrogens (tertiary/aromatic N) is 1.